The van der Waals surface area contributed by atoms with E-state index in [1.807, 2.05) is 4.90 Å². The van der Waals surface area contributed by atoms with Gasteiger partial charge in [0.05, 0.1) is 13.2 Å². The number of urea groups is 1. The predicted octanol–water partition coefficient (Wildman–Crippen LogP) is 0.139. The molecule has 0 aromatic heterocycles. The number of carbonyl (C=O) groups is 1. The van der Waals surface area contributed by atoms with Gasteiger partial charge in [0.1, 0.15) is 0 Å². The third-order valence-electron chi connectivity index (χ3n) is 3.82. The molecule has 1 unspecified atom stereocenters. The van der Waals surface area contributed by atoms with Gasteiger partial charge in [0.25, 0.3) is 0 Å². The highest BCUT2D eigenvalue weighted by Crippen LogP contribution is 2.15. The van der Waals surface area contributed by atoms with Crippen LogP contribution < -0.4 is 5.32 Å². The van der Waals surface area contributed by atoms with E-state index in [0.29, 0.717) is 19.2 Å². The largest absolute Gasteiger partial charge is 0.383 e. The molecule has 2 saturated heterocycles. The normalized spacial score (nSPS) is 25.3. The van der Waals surface area contributed by atoms with Gasteiger partial charge in [-0.2, -0.15) is 0 Å². The summed E-state index contributed by atoms with van der Waals surface area (Å²) in [5.41, 5.74) is 0. The Hall–Kier alpha value is -0.850. The van der Waals surface area contributed by atoms with Crippen LogP contribution in [0.5, 0.6) is 0 Å². The number of hydrogen-bond donors (Lipinski definition) is 1. The van der Waals surface area contributed by atoms with Crippen LogP contribution in [0.3, 0.4) is 0 Å². The van der Waals surface area contributed by atoms with E-state index >= 15 is 0 Å². The fourth-order valence-corrected chi connectivity index (χ4v) is 2.69. The molecule has 110 valence electrons. The Bertz CT molecular complexity index is 282. The molecule has 0 spiro atoms. The summed E-state index contributed by atoms with van der Waals surface area (Å²) in [4.78, 5) is 16.3. The summed E-state index contributed by atoms with van der Waals surface area (Å²) < 4.78 is 10.4. The summed E-state index contributed by atoms with van der Waals surface area (Å²) >= 11 is 0. The second kappa shape index (κ2) is 7.67. The summed E-state index contributed by atoms with van der Waals surface area (Å²) in [5.74, 6) is 0. The van der Waals surface area contributed by atoms with E-state index in [1.165, 1.54) is 0 Å². The molecular formula is C13H25N3O3. The van der Waals surface area contributed by atoms with E-state index in [2.05, 4.69) is 10.2 Å². The quantitative estimate of drug-likeness (QED) is 0.739. The van der Waals surface area contributed by atoms with Crippen LogP contribution in [0.2, 0.25) is 0 Å². The second-order valence-corrected chi connectivity index (χ2v) is 5.12. The van der Waals surface area contributed by atoms with Gasteiger partial charge < -0.3 is 19.7 Å². The lowest BCUT2D eigenvalue weighted by molar-refractivity contribution is 0.145. The molecule has 6 heteroatoms. The van der Waals surface area contributed by atoms with Crippen molar-refractivity contribution in [2.45, 2.75) is 18.9 Å². The Morgan fingerprint density at radius 2 is 2.26 bits per heavy atom. The SMILES string of the molecule is COCCNC(=O)N1CCCN(C2CCOC2)CC1. The van der Waals surface area contributed by atoms with E-state index in [-0.39, 0.29) is 6.03 Å². The number of hydrogen-bond acceptors (Lipinski definition) is 4. The Balaban J connectivity index is 1.74. The van der Waals surface area contributed by atoms with Gasteiger partial charge in [0.15, 0.2) is 0 Å². The van der Waals surface area contributed by atoms with Crippen molar-refractivity contribution < 1.29 is 14.3 Å². The molecule has 0 aromatic rings. The molecule has 0 radical (unpaired) electrons. The minimum absolute atomic E-state index is 0.0292. The lowest BCUT2D eigenvalue weighted by Gasteiger charge is -2.26. The third-order valence-corrected chi connectivity index (χ3v) is 3.82. The molecule has 1 N–H and O–H groups in total. The maximum atomic E-state index is 12.0. The van der Waals surface area contributed by atoms with E-state index < -0.39 is 0 Å². The minimum Gasteiger partial charge on any atom is -0.383 e. The van der Waals surface area contributed by atoms with Crippen LogP contribution in [0.1, 0.15) is 12.8 Å². The van der Waals surface area contributed by atoms with Crippen molar-refractivity contribution in [2.75, 3.05) is 59.7 Å². The summed E-state index contributed by atoms with van der Waals surface area (Å²) in [7, 11) is 1.64. The number of amides is 2. The number of rotatable bonds is 4. The Labute approximate surface area is 115 Å². The molecule has 6 nitrogen and oxygen atoms in total. The molecule has 2 rings (SSSR count). The zero-order valence-corrected chi connectivity index (χ0v) is 11.8. The summed E-state index contributed by atoms with van der Waals surface area (Å²) in [6.07, 6.45) is 2.16. The molecule has 2 aliphatic rings. The summed E-state index contributed by atoms with van der Waals surface area (Å²) in [6, 6.07) is 0.582. The maximum absolute atomic E-state index is 12.0. The van der Waals surface area contributed by atoms with Crippen LogP contribution in [0, 0.1) is 0 Å². The number of carbonyl (C=O) groups excluding carboxylic acids is 1. The van der Waals surface area contributed by atoms with E-state index in [4.69, 9.17) is 9.47 Å². The van der Waals surface area contributed by atoms with Crippen LogP contribution in [-0.4, -0.2) is 81.5 Å². The first-order valence-electron chi connectivity index (χ1n) is 7.15. The van der Waals surface area contributed by atoms with Crippen molar-refractivity contribution in [2.24, 2.45) is 0 Å². The molecule has 19 heavy (non-hydrogen) atoms. The van der Waals surface area contributed by atoms with Crippen LogP contribution in [0.4, 0.5) is 4.79 Å². The summed E-state index contributed by atoms with van der Waals surface area (Å²) in [5, 5.41) is 2.88. The lowest BCUT2D eigenvalue weighted by atomic mass is 10.2. The fraction of sp³-hybridized carbons (Fsp3) is 0.923. The predicted molar refractivity (Wildman–Crippen MR) is 72.3 cm³/mol. The maximum Gasteiger partial charge on any atom is 0.317 e. The van der Waals surface area contributed by atoms with Gasteiger partial charge in [-0.25, -0.2) is 4.79 Å². The second-order valence-electron chi connectivity index (χ2n) is 5.12. The topological polar surface area (TPSA) is 54.0 Å². The molecule has 0 saturated carbocycles. The van der Waals surface area contributed by atoms with Crippen molar-refractivity contribution >= 4 is 6.03 Å². The zero-order valence-electron chi connectivity index (χ0n) is 11.8. The third kappa shape index (κ3) is 4.33. The molecule has 0 aliphatic carbocycles. The van der Waals surface area contributed by atoms with Crippen molar-refractivity contribution in [1.29, 1.82) is 0 Å². The van der Waals surface area contributed by atoms with Gasteiger partial charge >= 0.3 is 6.03 Å². The zero-order chi connectivity index (χ0) is 13.5. The van der Waals surface area contributed by atoms with Gasteiger partial charge in [-0.15, -0.1) is 0 Å². The van der Waals surface area contributed by atoms with Crippen molar-refractivity contribution in [3.63, 3.8) is 0 Å². The Kier molecular flexibility index (Phi) is 5.88. The van der Waals surface area contributed by atoms with Crippen LogP contribution in [-0.2, 0) is 9.47 Å². The molecule has 2 amide bonds. The van der Waals surface area contributed by atoms with Crippen LogP contribution in [0.15, 0.2) is 0 Å². The standard InChI is InChI=1S/C13H25N3O3/c1-18-10-4-14-13(17)16-6-2-5-15(7-8-16)12-3-9-19-11-12/h12H,2-11H2,1H3,(H,14,17). The summed E-state index contributed by atoms with van der Waals surface area (Å²) in [6.45, 7) is 6.51. The smallest absolute Gasteiger partial charge is 0.317 e. The van der Waals surface area contributed by atoms with Gasteiger partial charge in [0, 0.05) is 52.5 Å². The Morgan fingerprint density at radius 1 is 1.37 bits per heavy atom. The molecule has 2 heterocycles. The molecule has 2 fully saturated rings. The minimum atomic E-state index is 0.0292. The van der Waals surface area contributed by atoms with Gasteiger partial charge in [-0.1, -0.05) is 0 Å². The highest BCUT2D eigenvalue weighted by atomic mass is 16.5. The average molecular weight is 271 g/mol. The highest BCUT2D eigenvalue weighted by Gasteiger charge is 2.26. The van der Waals surface area contributed by atoms with Gasteiger partial charge in [-0.05, 0) is 12.8 Å². The first-order chi connectivity index (χ1) is 9.31. The molecular weight excluding hydrogens is 246 g/mol. The van der Waals surface area contributed by atoms with E-state index in [0.717, 1.165) is 52.2 Å². The van der Waals surface area contributed by atoms with Gasteiger partial charge in [0.2, 0.25) is 0 Å². The first-order valence-corrected chi connectivity index (χ1v) is 7.15. The molecule has 0 bridgehead atoms. The van der Waals surface area contributed by atoms with Crippen LogP contribution >= 0.6 is 0 Å². The number of ether oxygens (including phenoxy) is 2. The molecule has 1 atom stereocenters. The molecule has 2 aliphatic heterocycles. The highest BCUT2D eigenvalue weighted by molar-refractivity contribution is 5.74. The van der Waals surface area contributed by atoms with Crippen molar-refractivity contribution in [3.05, 3.63) is 0 Å². The fourth-order valence-electron chi connectivity index (χ4n) is 2.69. The number of methoxy groups -OCH3 is 1. The van der Waals surface area contributed by atoms with Gasteiger partial charge in [-0.3, -0.25) is 4.90 Å². The van der Waals surface area contributed by atoms with Crippen LogP contribution in [0.25, 0.3) is 0 Å². The lowest BCUT2D eigenvalue weighted by Crippen LogP contribution is -2.44. The number of nitrogens with zero attached hydrogens (tertiary/aromatic N) is 2. The molecule has 0 aromatic carbocycles. The first kappa shape index (κ1) is 14.6. The van der Waals surface area contributed by atoms with E-state index in [1.54, 1.807) is 7.11 Å². The average Bonchev–Trinajstić information content (AvgIpc) is 2.83. The number of nitrogens with one attached hydrogen (secondary N) is 1. The van der Waals surface area contributed by atoms with Crippen molar-refractivity contribution in [1.82, 2.24) is 15.1 Å². The Morgan fingerprint density at radius 3 is 3.00 bits per heavy atom. The van der Waals surface area contributed by atoms with E-state index in [9.17, 15) is 4.79 Å². The van der Waals surface area contributed by atoms with Crippen molar-refractivity contribution in [3.8, 4) is 0 Å². The monoisotopic (exact) mass is 271 g/mol.